The van der Waals surface area contributed by atoms with E-state index in [2.05, 4.69) is 16.0 Å². The van der Waals surface area contributed by atoms with Crippen molar-refractivity contribution in [1.29, 1.82) is 0 Å². The lowest BCUT2D eigenvalue weighted by Gasteiger charge is -2.16. The first-order chi connectivity index (χ1) is 12.0. The Morgan fingerprint density at radius 1 is 1.00 bits per heavy atom. The van der Waals surface area contributed by atoms with Gasteiger partial charge >= 0.3 is 6.03 Å². The first-order valence-corrected chi connectivity index (χ1v) is 8.49. The lowest BCUT2D eigenvalue weighted by atomic mass is 10.1. The van der Waals surface area contributed by atoms with Gasteiger partial charge in [0.25, 0.3) is 5.91 Å². The van der Waals surface area contributed by atoms with Gasteiger partial charge < -0.3 is 16.0 Å². The van der Waals surface area contributed by atoms with Crippen molar-refractivity contribution in [3.8, 4) is 0 Å². The van der Waals surface area contributed by atoms with Crippen molar-refractivity contribution in [2.24, 2.45) is 0 Å². The third kappa shape index (κ3) is 5.80. The van der Waals surface area contributed by atoms with Crippen LogP contribution in [0.1, 0.15) is 34.5 Å². The molecule has 25 heavy (non-hydrogen) atoms. The average Bonchev–Trinajstić information content (AvgIpc) is 2.59. The summed E-state index contributed by atoms with van der Waals surface area (Å²) in [5.41, 5.74) is 2.55. The van der Waals surface area contributed by atoms with Crippen LogP contribution in [0.2, 0.25) is 5.02 Å². The zero-order valence-electron chi connectivity index (χ0n) is 14.3. The summed E-state index contributed by atoms with van der Waals surface area (Å²) in [4.78, 5) is 23.9. The van der Waals surface area contributed by atoms with Crippen LogP contribution in [-0.4, -0.2) is 25.0 Å². The number of benzene rings is 2. The van der Waals surface area contributed by atoms with Gasteiger partial charge in [0.05, 0.1) is 6.04 Å². The number of hydrogen-bond acceptors (Lipinski definition) is 2. The van der Waals surface area contributed by atoms with E-state index in [-0.39, 0.29) is 18.0 Å². The maximum absolute atomic E-state index is 11.9. The van der Waals surface area contributed by atoms with E-state index in [1.54, 1.807) is 18.2 Å². The summed E-state index contributed by atoms with van der Waals surface area (Å²) in [6.07, 6.45) is 0. The largest absolute Gasteiger partial charge is 0.350 e. The molecule has 1 unspecified atom stereocenters. The molecule has 0 bridgehead atoms. The Morgan fingerprint density at radius 2 is 1.64 bits per heavy atom. The van der Waals surface area contributed by atoms with E-state index in [9.17, 15) is 9.59 Å². The molecule has 2 rings (SSSR count). The quantitative estimate of drug-likeness (QED) is 0.691. The highest BCUT2D eigenvalue weighted by molar-refractivity contribution is 6.31. The van der Waals surface area contributed by atoms with Crippen LogP contribution < -0.4 is 16.0 Å². The molecule has 0 aliphatic rings. The number of urea groups is 1. The fourth-order valence-electron chi connectivity index (χ4n) is 2.31. The van der Waals surface area contributed by atoms with Crippen LogP contribution in [0.25, 0.3) is 0 Å². The van der Waals surface area contributed by atoms with Crippen LogP contribution in [0.5, 0.6) is 0 Å². The number of rotatable bonds is 6. The summed E-state index contributed by atoms with van der Waals surface area (Å²) in [7, 11) is 0. The molecule has 3 amide bonds. The van der Waals surface area contributed by atoms with Crippen molar-refractivity contribution >= 4 is 23.5 Å². The Bertz CT molecular complexity index is 732. The highest BCUT2D eigenvalue weighted by Crippen LogP contribution is 2.21. The van der Waals surface area contributed by atoms with Gasteiger partial charge in [-0.2, -0.15) is 0 Å². The molecular formula is C19H22ClN3O2. The smallest absolute Gasteiger partial charge is 0.315 e. The summed E-state index contributed by atoms with van der Waals surface area (Å²) >= 11 is 6.11. The Balaban J connectivity index is 1.71. The van der Waals surface area contributed by atoms with Crippen molar-refractivity contribution in [2.75, 3.05) is 13.1 Å². The summed E-state index contributed by atoms with van der Waals surface area (Å²) in [5, 5.41) is 8.90. The zero-order valence-corrected chi connectivity index (χ0v) is 15.1. The van der Waals surface area contributed by atoms with Crippen molar-refractivity contribution in [3.63, 3.8) is 0 Å². The summed E-state index contributed by atoms with van der Waals surface area (Å²) < 4.78 is 0. The molecule has 0 fully saturated rings. The Labute approximate surface area is 152 Å². The minimum absolute atomic E-state index is 0.161. The minimum Gasteiger partial charge on any atom is -0.350 e. The van der Waals surface area contributed by atoms with Gasteiger partial charge in [0.2, 0.25) is 0 Å². The number of halogens is 1. The lowest BCUT2D eigenvalue weighted by Crippen LogP contribution is -2.41. The van der Waals surface area contributed by atoms with Crippen molar-refractivity contribution in [1.82, 2.24) is 16.0 Å². The average molecular weight is 360 g/mol. The molecule has 3 N–H and O–H groups in total. The van der Waals surface area contributed by atoms with Gasteiger partial charge in [0, 0.05) is 23.7 Å². The minimum atomic E-state index is -0.308. The molecule has 1 atom stereocenters. The second-order valence-corrected chi connectivity index (χ2v) is 6.17. The van der Waals surface area contributed by atoms with Crippen LogP contribution in [0.3, 0.4) is 0 Å². The molecule has 0 saturated heterocycles. The highest BCUT2D eigenvalue weighted by atomic mass is 35.5. The molecule has 0 radical (unpaired) electrons. The maximum Gasteiger partial charge on any atom is 0.315 e. The Kier molecular flexibility index (Phi) is 6.83. The Hall–Kier alpha value is -2.53. The van der Waals surface area contributed by atoms with Gasteiger partial charge in [-0.1, -0.05) is 47.5 Å². The van der Waals surface area contributed by atoms with E-state index in [0.717, 1.165) is 11.1 Å². The normalized spacial score (nSPS) is 11.5. The lowest BCUT2D eigenvalue weighted by molar-refractivity contribution is 0.0954. The second kappa shape index (κ2) is 9.08. The zero-order chi connectivity index (χ0) is 18.2. The molecule has 132 valence electrons. The SMILES string of the molecule is Cc1ccc(C(=O)NCCNC(=O)NC(C)c2ccccc2Cl)cc1. The van der Waals surface area contributed by atoms with Crippen molar-refractivity contribution in [3.05, 3.63) is 70.2 Å². The van der Waals surface area contributed by atoms with Crippen LogP contribution in [0, 0.1) is 6.92 Å². The maximum atomic E-state index is 11.9. The van der Waals surface area contributed by atoms with E-state index >= 15 is 0 Å². The van der Waals surface area contributed by atoms with E-state index in [4.69, 9.17) is 11.6 Å². The van der Waals surface area contributed by atoms with Gasteiger partial charge in [0.1, 0.15) is 0 Å². The van der Waals surface area contributed by atoms with Crippen LogP contribution >= 0.6 is 11.6 Å². The van der Waals surface area contributed by atoms with E-state index < -0.39 is 0 Å². The number of carbonyl (C=O) groups excluding carboxylic acids is 2. The number of amides is 3. The number of nitrogens with one attached hydrogen (secondary N) is 3. The van der Waals surface area contributed by atoms with Crippen molar-refractivity contribution < 1.29 is 9.59 Å². The molecule has 0 aromatic heterocycles. The number of carbonyl (C=O) groups is 2. The van der Waals surface area contributed by atoms with Gasteiger partial charge in [0.15, 0.2) is 0 Å². The molecule has 0 aliphatic heterocycles. The topological polar surface area (TPSA) is 70.2 Å². The predicted molar refractivity (Wildman–Crippen MR) is 99.9 cm³/mol. The summed E-state index contributed by atoms with van der Waals surface area (Å²) in [5.74, 6) is -0.161. The van der Waals surface area contributed by atoms with E-state index in [1.807, 2.05) is 44.2 Å². The predicted octanol–water partition coefficient (Wildman–Crippen LogP) is 3.44. The second-order valence-electron chi connectivity index (χ2n) is 5.77. The van der Waals surface area contributed by atoms with Crippen LogP contribution in [-0.2, 0) is 0 Å². The molecule has 0 saturated carbocycles. The number of hydrogen-bond donors (Lipinski definition) is 3. The highest BCUT2D eigenvalue weighted by Gasteiger charge is 2.11. The molecule has 0 aliphatic carbocycles. The van der Waals surface area contributed by atoms with Gasteiger partial charge in [-0.25, -0.2) is 4.79 Å². The number of aryl methyl sites for hydroxylation is 1. The van der Waals surface area contributed by atoms with Gasteiger partial charge in [-0.15, -0.1) is 0 Å². The fourth-order valence-corrected chi connectivity index (χ4v) is 2.61. The van der Waals surface area contributed by atoms with E-state index in [0.29, 0.717) is 23.7 Å². The molecule has 6 heteroatoms. The first kappa shape index (κ1) is 18.8. The van der Waals surface area contributed by atoms with Crippen molar-refractivity contribution in [2.45, 2.75) is 19.9 Å². The van der Waals surface area contributed by atoms with Gasteiger partial charge in [-0.05, 0) is 37.6 Å². The molecule has 2 aromatic carbocycles. The molecule has 0 spiro atoms. The summed E-state index contributed by atoms with van der Waals surface area (Å²) in [6, 6.07) is 14.2. The van der Waals surface area contributed by atoms with Crippen LogP contribution in [0.15, 0.2) is 48.5 Å². The van der Waals surface area contributed by atoms with E-state index in [1.165, 1.54) is 0 Å². The monoisotopic (exact) mass is 359 g/mol. The fraction of sp³-hybridized carbons (Fsp3) is 0.263. The molecular weight excluding hydrogens is 338 g/mol. The van der Waals surface area contributed by atoms with Crippen LogP contribution in [0.4, 0.5) is 4.79 Å². The Morgan fingerprint density at radius 3 is 2.32 bits per heavy atom. The standard InChI is InChI=1S/C19H22ClN3O2/c1-13-7-9-15(10-8-13)18(24)21-11-12-22-19(25)23-14(2)16-5-3-4-6-17(16)20/h3-10,14H,11-12H2,1-2H3,(H,21,24)(H2,22,23,25). The molecule has 2 aromatic rings. The summed E-state index contributed by atoms with van der Waals surface area (Å²) in [6.45, 7) is 4.51. The van der Waals surface area contributed by atoms with Gasteiger partial charge in [-0.3, -0.25) is 4.79 Å². The first-order valence-electron chi connectivity index (χ1n) is 8.11. The third-order valence-corrected chi connectivity index (χ3v) is 4.07. The molecule has 0 heterocycles. The molecule has 5 nitrogen and oxygen atoms in total. The third-order valence-electron chi connectivity index (χ3n) is 3.73.